The largest absolute Gasteiger partial charge is 0.389 e. The maximum Gasteiger partial charge on any atom is 0.126 e. The summed E-state index contributed by atoms with van der Waals surface area (Å²) in [6.07, 6.45) is 2.38. The van der Waals surface area contributed by atoms with Crippen molar-refractivity contribution < 1.29 is 14.2 Å². The molecule has 1 aliphatic rings. The van der Waals surface area contributed by atoms with E-state index in [4.69, 9.17) is 4.74 Å². The first kappa shape index (κ1) is 21.0. The topological polar surface area (TPSA) is 32.7 Å². The van der Waals surface area contributed by atoms with Crippen LogP contribution in [0.25, 0.3) is 0 Å². The lowest BCUT2D eigenvalue weighted by molar-refractivity contribution is -0.0171. The summed E-state index contributed by atoms with van der Waals surface area (Å²) in [5.41, 5.74) is 3.89. The highest BCUT2D eigenvalue weighted by Gasteiger charge is 2.27. The molecule has 1 N–H and O–H groups in total. The monoisotopic (exact) mass is 384 g/mol. The molecule has 1 radical (unpaired) electrons. The second kappa shape index (κ2) is 9.64. The van der Waals surface area contributed by atoms with Gasteiger partial charge >= 0.3 is 0 Å². The van der Waals surface area contributed by atoms with Crippen LogP contribution in [0.15, 0.2) is 36.4 Å². The summed E-state index contributed by atoms with van der Waals surface area (Å²) in [7, 11) is 0. The third-order valence-corrected chi connectivity index (χ3v) is 5.61. The Morgan fingerprint density at radius 2 is 2.11 bits per heavy atom. The Bertz CT molecular complexity index is 779. The van der Waals surface area contributed by atoms with E-state index in [1.165, 1.54) is 5.56 Å². The summed E-state index contributed by atoms with van der Waals surface area (Å²) < 4.78 is 19.7. The first-order valence-corrected chi connectivity index (χ1v) is 10.2. The lowest BCUT2D eigenvalue weighted by Crippen LogP contribution is -2.39. The van der Waals surface area contributed by atoms with Crippen molar-refractivity contribution in [2.75, 3.05) is 19.7 Å². The third kappa shape index (κ3) is 5.63. The molecule has 1 aliphatic heterocycles. The summed E-state index contributed by atoms with van der Waals surface area (Å²) in [4.78, 5) is 2.31. The number of hydrogen-bond donors (Lipinski definition) is 1. The highest BCUT2D eigenvalue weighted by Crippen LogP contribution is 2.23. The smallest absolute Gasteiger partial charge is 0.126 e. The van der Waals surface area contributed by atoms with E-state index >= 15 is 0 Å². The Labute approximate surface area is 168 Å². The summed E-state index contributed by atoms with van der Waals surface area (Å²) in [6, 6.07) is 15.0. The van der Waals surface area contributed by atoms with Crippen molar-refractivity contribution in [1.29, 1.82) is 0 Å². The molecular formula is C24H31FNO2. The van der Waals surface area contributed by atoms with Gasteiger partial charge < -0.3 is 9.84 Å². The Balaban J connectivity index is 1.49. The van der Waals surface area contributed by atoms with Gasteiger partial charge in [-0.05, 0) is 75.4 Å². The fraction of sp³-hybridized carbons (Fsp3) is 0.500. The molecule has 1 saturated heterocycles. The SMILES string of the molecule is Cc1cc[c]c([C@@H](C)OC[C@@H](O)CN2CCC[C@H]2Cc2ccc(C)c(F)c2)c1. The van der Waals surface area contributed by atoms with Gasteiger partial charge in [-0.1, -0.05) is 35.9 Å². The van der Waals surface area contributed by atoms with Crippen LogP contribution in [0.3, 0.4) is 0 Å². The van der Waals surface area contributed by atoms with Crippen molar-refractivity contribution in [2.45, 2.75) is 58.3 Å². The van der Waals surface area contributed by atoms with Crippen LogP contribution >= 0.6 is 0 Å². The van der Waals surface area contributed by atoms with Crippen LogP contribution < -0.4 is 0 Å². The number of aliphatic hydroxyl groups excluding tert-OH is 1. The number of likely N-dealkylation sites (tertiary alicyclic amines) is 1. The van der Waals surface area contributed by atoms with Gasteiger partial charge in [0, 0.05) is 12.6 Å². The maximum absolute atomic E-state index is 13.8. The van der Waals surface area contributed by atoms with Gasteiger partial charge in [-0.25, -0.2) is 4.39 Å². The second-order valence-electron chi connectivity index (χ2n) is 8.03. The molecule has 0 unspecified atom stereocenters. The minimum Gasteiger partial charge on any atom is -0.389 e. The third-order valence-electron chi connectivity index (χ3n) is 5.61. The number of rotatable bonds is 8. The maximum atomic E-state index is 13.8. The molecule has 4 heteroatoms. The molecule has 2 aromatic carbocycles. The number of β-amino-alcohol motifs (C(OH)–C–C–N with tert-alkyl or cyclic N) is 1. The minimum absolute atomic E-state index is 0.0977. The van der Waals surface area contributed by atoms with E-state index in [9.17, 15) is 9.50 Å². The average Bonchev–Trinajstić information content (AvgIpc) is 3.09. The summed E-state index contributed by atoms with van der Waals surface area (Å²) in [5, 5.41) is 10.5. The summed E-state index contributed by atoms with van der Waals surface area (Å²) in [5.74, 6) is -0.141. The van der Waals surface area contributed by atoms with Gasteiger partial charge in [0.15, 0.2) is 0 Å². The molecule has 3 atom stereocenters. The molecular weight excluding hydrogens is 353 g/mol. The number of aliphatic hydroxyl groups is 1. The average molecular weight is 385 g/mol. The van der Waals surface area contributed by atoms with Gasteiger partial charge in [-0.2, -0.15) is 0 Å². The molecule has 1 fully saturated rings. The molecule has 2 aromatic rings. The van der Waals surface area contributed by atoms with E-state index in [1.54, 1.807) is 13.0 Å². The van der Waals surface area contributed by atoms with Crippen molar-refractivity contribution in [1.82, 2.24) is 4.90 Å². The van der Waals surface area contributed by atoms with Crippen LogP contribution in [-0.2, 0) is 11.2 Å². The number of benzene rings is 2. The number of aryl methyl sites for hydroxylation is 2. The van der Waals surface area contributed by atoms with Crippen LogP contribution in [0, 0.1) is 25.7 Å². The predicted octanol–water partition coefficient (Wildman–Crippen LogP) is 4.39. The zero-order valence-corrected chi connectivity index (χ0v) is 17.1. The Morgan fingerprint density at radius 3 is 2.86 bits per heavy atom. The van der Waals surface area contributed by atoms with Gasteiger partial charge in [-0.3, -0.25) is 4.90 Å². The van der Waals surface area contributed by atoms with E-state index in [1.807, 2.05) is 38.1 Å². The minimum atomic E-state index is -0.539. The number of nitrogens with zero attached hydrogens (tertiary/aromatic N) is 1. The van der Waals surface area contributed by atoms with Crippen LogP contribution in [0.4, 0.5) is 4.39 Å². The van der Waals surface area contributed by atoms with Gasteiger partial charge in [0.2, 0.25) is 0 Å². The zero-order chi connectivity index (χ0) is 20.1. The molecule has 0 saturated carbocycles. The van der Waals surface area contributed by atoms with Gasteiger partial charge in [0.05, 0.1) is 18.8 Å². The molecule has 151 valence electrons. The number of halogens is 1. The van der Waals surface area contributed by atoms with Crippen LogP contribution in [-0.4, -0.2) is 41.8 Å². The van der Waals surface area contributed by atoms with Crippen LogP contribution in [0.5, 0.6) is 0 Å². The molecule has 3 nitrogen and oxygen atoms in total. The molecule has 28 heavy (non-hydrogen) atoms. The van der Waals surface area contributed by atoms with Crippen molar-refractivity contribution in [3.63, 3.8) is 0 Å². The van der Waals surface area contributed by atoms with Crippen molar-refractivity contribution in [3.8, 4) is 0 Å². The molecule has 0 aliphatic carbocycles. The molecule has 1 heterocycles. The quantitative estimate of drug-likeness (QED) is 0.733. The first-order chi connectivity index (χ1) is 13.4. The highest BCUT2D eigenvalue weighted by atomic mass is 19.1. The van der Waals surface area contributed by atoms with E-state index in [0.717, 1.165) is 36.9 Å². The van der Waals surface area contributed by atoms with Gasteiger partial charge in [-0.15, -0.1) is 0 Å². The number of hydrogen-bond acceptors (Lipinski definition) is 3. The Kier molecular flexibility index (Phi) is 7.22. The molecule has 0 amide bonds. The normalized spacial score (nSPS) is 19.7. The van der Waals surface area contributed by atoms with Crippen LogP contribution in [0.2, 0.25) is 0 Å². The summed E-state index contributed by atoms with van der Waals surface area (Å²) >= 11 is 0. The van der Waals surface area contributed by atoms with E-state index < -0.39 is 6.10 Å². The standard InChI is InChI=1S/C24H31FNO2/c1-17-6-4-7-21(12-17)19(3)28-16-23(27)15-26-11-5-8-22(26)13-20-10-9-18(2)24(25)14-20/h4,6,9-10,12,14,19,22-23,27H,5,8,11,13,15-16H2,1-3H3/t19-,22+,23+/m1/s1. The van der Waals surface area contributed by atoms with Crippen molar-refractivity contribution >= 4 is 0 Å². The van der Waals surface area contributed by atoms with Crippen LogP contribution in [0.1, 0.15) is 48.1 Å². The second-order valence-corrected chi connectivity index (χ2v) is 8.03. The van der Waals surface area contributed by atoms with Crippen molar-refractivity contribution in [2.24, 2.45) is 0 Å². The fourth-order valence-electron chi connectivity index (χ4n) is 3.91. The van der Waals surface area contributed by atoms with Gasteiger partial charge in [0.1, 0.15) is 5.82 Å². The Hall–Kier alpha value is -1.75. The Morgan fingerprint density at radius 1 is 1.29 bits per heavy atom. The fourth-order valence-corrected chi connectivity index (χ4v) is 3.91. The lowest BCUT2D eigenvalue weighted by atomic mass is 10.0. The molecule has 0 bridgehead atoms. The van der Waals surface area contributed by atoms with E-state index in [-0.39, 0.29) is 11.9 Å². The predicted molar refractivity (Wildman–Crippen MR) is 110 cm³/mol. The van der Waals surface area contributed by atoms with E-state index in [0.29, 0.717) is 24.8 Å². The number of ether oxygens (including phenoxy) is 1. The molecule has 3 rings (SSSR count). The first-order valence-electron chi connectivity index (χ1n) is 10.2. The highest BCUT2D eigenvalue weighted by molar-refractivity contribution is 5.24. The zero-order valence-electron chi connectivity index (χ0n) is 17.1. The van der Waals surface area contributed by atoms with E-state index in [2.05, 4.69) is 17.0 Å². The lowest BCUT2D eigenvalue weighted by Gasteiger charge is -2.27. The molecule has 0 spiro atoms. The summed E-state index contributed by atoms with van der Waals surface area (Å²) in [6.45, 7) is 7.67. The molecule has 0 aromatic heterocycles. The van der Waals surface area contributed by atoms with Gasteiger partial charge in [0.25, 0.3) is 0 Å². The van der Waals surface area contributed by atoms with Crippen molar-refractivity contribution in [3.05, 3.63) is 70.5 Å².